The van der Waals surface area contributed by atoms with E-state index in [-0.39, 0.29) is 35.9 Å². The number of halogens is 1. The molecule has 1 aliphatic rings. The Balaban J connectivity index is 2.77. The van der Waals surface area contributed by atoms with Gasteiger partial charge in [0.1, 0.15) is 6.10 Å². The molecule has 0 amide bonds. The number of alkyl halides is 1. The highest BCUT2D eigenvalue weighted by Gasteiger charge is 2.40. The van der Waals surface area contributed by atoms with Gasteiger partial charge in [0.2, 0.25) is 0 Å². The van der Waals surface area contributed by atoms with Gasteiger partial charge in [-0.1, -0.05) is 32.8 Å². The first-order valence-electron chi connectivity index (χ1n) is 7.21. The van der Waals surface area contributed by atoms with Gasteiger partial charge in [0.05, 0.1) is 12.0 Å². The minimum absolute atomic E-state index is 0.0927. The standard InChI is InChI=1S/C14H24ClN3O2/c1-8(2)10(7-15)5-12(17-18-16)13-6-11(9(3)4)14(19)20-13/h8-13H,5-7H2,1-4H3/t10-,11+,12+,13+/m1/s1. The molecule has 1 saturated heterocycles. The van der Waals surface area contributed by atoms with Crippen molar-refractivity contribution in [1.82, 2.24) is 0 Å². The van der Waals surface area contributed by atoms with Crippen LogP contribution in [0.25, 0.3) is 10.4 Å². The largest absolute Gasteiger partial charge is 0.462 e. The lowest BCUT2D eigenvalue weighted by Gasteiger charge is -2.25. The first kappa shape index (κ1) is 17.1. The van der Waals surface area contributed by atoms with Crippen LogP contribution in [0.3, 0.4) is 0 Å². The normalized spacial score (nSPS) is 25.4. The molecule has 0 aromatic carbocycles. The first-order valence-corrected chi connectivity index (χ1v) is 7.74. The third-order valence-electron chi connectivity index (χ3n) is 4.18. The van der Waals surface area contributed by atoms with Crippen LogP contribution >= 0.6 is 11.6 Å². The van der Waals surface area contributed by atoms with Crippen LogP contribution in [-0.2, 0) is 9.53 Å². The molecule has 5 nitrogen and oxygen atoms in total. The van der Waals surface area contributed by atoms with E-state index in [4.69, 9.17) is 21.9 Å². The Morgan fingerprint density at radius 1 is 1.45 bits per heavy atom. The van der Waals surface area contributed by atoms with Gasteiger partial charge < -0.3 is 4.74 Å². The van der Waals surface area contributed by atoms with Gasteiger partial charge in [-0.25, -0.2) is 0 Å². The lowest BCUT2D eigenvalue weighted by atomic mass is 9.86. The predicted octanol–water partition coefficient (Wildman–Crippen LogP) is 4.15. The van der Waals surface area contributed by atoms with Crippen LogP contribution in [0, 0.1) is 23.7 Å². The third-order valence-corrected chi connectivity index (χ3v) is 4.57. The van der Waals surface area contributed by atoms with E-state index in [2.05, 4.69) is 23.9 Å². The minimum atomic E-state index is -0.321. The number of ether oxygens (including phenoxy) is 1. The van der Waals surface area contributed by atoms with Gasteiger partial charge in [0.15, 0.2) is 0 Å². The van der Waals surface area contributed by atoms with E-state index in [1.807, 2.05) is 13.8 Å². The van der Waals surface area contributed by atoms with Crippen LogP contribution in [0.5, 0.6) is 0 Å². The second-order valence-corrected chi connectivity index (χ2v) is 6.54. The van der Waals surface area contributed by atoms with E-state index in [1.54, 1.807) is 0 Å². The number of hydrogen-bond donors (Lipinski definition) is 0. The Labute approximate surface area is 125 Å². The smallest absolute Gasteiger partial charge is 0.309 e. The fraction of sp³-hybridized carbons (Fsp3) is 0.929. The quantitative estimate of drug-likeness (QED) is 0.233. The Morgan fingerprint density at radius 2 is 2.10 bits per heavy atom. The van der Waals surface area contributed by atoms with Crippen molar-refractivity contribution in [2.45, 2.75) is 52.7 Å². The van der Waals surface area contributed by atoms with Gasteiger partial charge in [0.25, 0.3) is 0 Å². The lowest BCUT2D eigenvalue weighted by Crippen LogP contribution is -2.28. The summed E-state index contributed by atoms with van der Waals surface area (Å²) in [7, 11) is 0. The van der Waals surface area contributed by atoms with Crippen molar-refractivity contribution in [2.24, 2.45) is 28.8 Å². The van der Waals surface area contributed by atoms with E-state index in [9.17, 15) is 4.79 Å². The number of esters is 1. The fourth-order valence-electron chi connectivity index (χ4n) is 2.57. The van der Waals surface area contributed by atoms with Crippen LogP contribution in [0.1, 0.15) is 40.5 Å². The van der Waals surface area contributed by atoms with Gasteiger partial charge in [-0.05, 0) is 36.1 Å². The highest BCUT2D eigenvalue weighted by molar-refractivity contribution is 6.18. The molecule has 0 unspecified atom stereocenters. The second-order valence-electron chi connectivity index (χ2n) is 6.23. The van der Waals surface area contributed by atoms with Gasteiger partial charge in [0, 0.05) is 10.8 Å². The molecular weight excluding hydrogens is 278 g/mol. The number of rotatable bonds is 7. The molecule has 0 bridgehead atoms. The van der Waals surface area contributed by atoms with Crippen molar-refractivity contribution in [1.29, 1.82) is 0 Å². The Bertz CT molecular complexity index is 381. The molecule has 0 saturated carbocycles. The second kappa shape index (κ2) is 7.75. The molecule has 0 aliphatic carbocycles. The molecule has 1 rings (SSSR count). The van der Waals surface area contributed by atoms with Crippen LogP contribution < -0.4 is 0 Å². The number of hydrogen-bond acceptors (Lipinski definition) is 3. The highest BCUT2D eigenvalue weighted by atomic mass is 35.5. The Morgan fingerprint density at radius 3 is 2.50 bits per heavy atom. The molecule has 0 aromatic heterocycles. The maximum absolute atomic E-state index is 11.8. The summed E-state index contributed by atoms with van der Waals surface area (Å²) in [5.41, 5.74) is 8.75. The fourth-order valence-corrected chi connectivity index (χ4v) is 3.06. The first-order chi connectivity index (χ1) is 9.40. The van der Waals surface area contributed by atoms with Crippen molar-refractivity contribution in [2.75, 3.05) is 5.88 Å². The molecule has 0 aromatic rings. The zero-order valence-corrected chi connectivity index (χ0v) is 13.4. The summed E-state index contributed by atoms with van der Waals surface area (Å²) in [6.45, 7) is 8.20. The number of nitrogens with zero attached hydrogens (tertiary/aromatic N) is 3. The molecule has 0 spiro atoms. The van der Waals surface area contributed by atoms with E-state index in [1.165, 1.54) is 0 Å². The summed E-state index contributed by atoms with van der Waals surface area (Å²) in [5, 5.41) is 3.85. The van der Waals surface area contributed by atoms with Crippen LogP contribution in [0.15, 0.2) is 5.11 Å². The summed E-state index contributed by atoms with van der Waals surface area (Å²) in [5.74, 6) is 1.16. The number of carbonyl (C=O) groups is 1. The molecule has 20 heavy (non-hydrogen) atoms. The van der Waals surface area contributed by atoms with Crippen LogP contribution in [0.2, 0.25) is 0 Å². The summed E-state index contributed by atoms with van der Waals surface area (Å²) in [6, 6.07) is -0.321. The molecular formula is C14H24ClN3O2. The maximum Gasteiger partial charge on any atom is 0.309 e. The molecule has 114 valence electrons. The molecule has 1 fully saturated rings. The van der Waals surface area contributed by atoms with E-state index in [0.29, 0.717) is 24.6 Å². The average molecular weight is 302 g/mol. The number of azide groups is 1. The van der Waals surface area contributed by atoms with Crippen molar-refractivity contribution in [3.63, 3.8) is 0 Å². The van der Waals surface area contributed by atoms with Crippen LogP contribution in [-0.4, -0.2) is 24.0 Å². The molecule has 1 aliphatic heterocycles. The average Bonchev–Trinajstić information content (AvgIpc) is 2.76. The lowest BCUT2D eigenvalue weighted by molar-refractivity contribution is -0.145. The van der Waals surface area contributed by atoms with Crippen molar-refractivity contribution in [3.8, 4) is 0 Å². The van der Waals surface area contributed by atoms with E-state index >= 15 is 0 Å². The highest BCUT2D eigenvalue weighted by Crippen LogP contribution is 2.33. The molecule has 4 atom stereocenters. The summed E-state index contributed by atoms with van der Waals surface area (Å²) < 4.78 is 5.43. The van der Waals surface area contributed by atoms with Crippen LogP contribution in [0.4, 0.5) is 0 Å². The Kier molecular flexibility index (Phi) is 6.63. The Hall–Kier alpha value is -0.930. The van der Waals surface area contributed by atoms with Crippen molar-refractivity contribution < 1.29 is 9.53 Å². The summed E-state index contributed by atoms with van der Waals surface area (Å²) in [4.78, 5) is 14.8. The van der Waals surface area contributed by atoms with Gasteiger partial charge >= 0.3 is 5.97 Å². The zero-order valence-electron chi connectivity index (χ0n) is 12.6. The SMILES string of the molecule is CC(C)[C@@H](CCl)C[C@H](N=[N+]=[N-])[C@@H]1C[C@@H](C(C)C)C(=O)O1. The number of carbonyl (C=O) groups excluding carboxylic acids is 1. The predicted molar refractivity (Wildman–Crippen MR) is 79.4 cm³/mol. The molecule has 1 heterocycles. The van der Waals surface area contributed by atoms with Crippen molar-refractivity contribution >= 4 is 17.6 Å². The summed E-state index contributed by atoms with van der Waals surface area (Å²) >= 11 is 5.98. The molecule has 6 heteroatoms. The van der Waals surface area contributed by atoms with E-state index < -0.39 is 0 Å². The summed E-state index contributed by atoms with van der Waals surface area (Å²) in [6.07, 6.45) is 0.983. The zero-order chi connectivity index (χ0) is 15.3. The van der Waals surface area contributed by atoms with Gasteiger partial charge in [-0.2, -0.15) is 0 Å². The van der Waals surface area contributed by atoms with E-state index in [0.717, 1.165) is 0 Å². The van der Waals surface area contributed by atoms with Gasteiger partial charge in [-0.15, -0.1) is 11.6 Å². The molecule has 0 N–H and O–H groups in total. The maximum atomic E-state index is 11.8. The number of cyclic esters (lactones) is 1. The monoisotopic (exact) mass is 301 g/mol. The molecule has 0 radical (unpaired) electrons. The minimum Gasteiger partial charge on any atom is -0.462 e. The van der Waals surface area contributed by atoms with Crippen molar-refractivity contribution in [3.05, 3.63) is 10.4 Å². The third kappa shape index (κ3) is 4.29. The van der Waals surface area contributed by atoms with Gasteiger partial charge in [-0.3, -0.25) is 4.79 Å². The topological polar surface area (TPSA) is 75.1 Å².